The third-order valence-electron chi connectivity index (χ3n) is 8.05. The lowest BCUT2D eigenvalue weighted by Crippen LogP contribution is -2.74. The molecular weight excluding hydrogens is 615 g/mol. The molecule has 8 heteroatoms. The summed E-state index contributed by atoms with van der Waals surface area (Å²) >= 11 is 0. The van der Waals surface area contributed by atoms with Crippen molar-refractivity contribution in [2.75, 3.05) is 0 Å². The molecule has 7 aromatic rings. The van der Waals surface area contributed by atoms with Crippen molar-refractivity contribution in [2.45, 2.75) is 0 Å². The minimum Gasteiger partial charge on any atom is -0.208 e. The Hall–Kier alpha value is -5.73. The van der Waals surface area contributed by atoms with Gasteiger partial charge in [0.05, 0.1) is 0 Å². The molecule has 0 aliphatic rings. The fourth-order valence-corrected chi connectivity index (χ4v) is 10.9. The van der Waals surface area contributed by atoms with Crippen LogP contribution in [0.25, 0.3) is 34.2 Å². The quantitative estimate of drug-likeness (QED) is 0.109. The normalized spacial score (nSPS) is 11.4. The average Bonchev–Trinajstić information content (AvgIpc) is 3.09. The van der Waals surface area contributed by atoms with Crippen LogP contribution < -0.4 is 20.7 Å². The van der Waals surface area contributed by atoms with Crippen molar-refractivity contribution in [3.8, 4) is 34.2 Å². The fraction of sp³-hybridized carbons (Fsp3) is 0. The lowest BCUT2D eigenvalue weighted by Gasteiger charge is -2.34. The Morgan fingerprint density at radius 2 is 0.660 bits per heavy atom. The first-order chi connectivity index (χ1) is 22.9. The summed E-state index contributed by atoms with van der Waals surface area (Å²) in [6.07, 6.45) is 0. The van der Waals surface area contributed by atoms with Crippen molar-refractivity contribution >= 4 is 28.8 Å². The Morgan fingerprint density at radius 3 is 1.04 bits per heavy atom. The largest absolute Gasteiger partial charge is 0.208 e. The molecule has 0 fully saturated rings. The van der Waals surface area contributed by atoms with Gasteiger partial charge in [-0.3, -0.25) is 0 Å². The molecule has 0 N–H and O–H groups in total. The second-order valence-electron chi connectivity index (χ2n) is 11.1. The molecule has 0 amide bonds. The Morgan fingerprint density at radius 1 is 0.319 bits per heavy atom. The monoisotopic (exact) mass is 639 g/mol. The highest BCUT2D eigenvalue weighted by Crippen LogP contribution is 2.27. The number of halogens is 4. The molecule has 0 saturated carbocycles. The molecule has 1 aromatic heterocycles. The van der Waals surface area contributed by atoms with E-state index in [4.69, 9.17) is 0 Å². The van der Waals surface area contributed by atoms with Crippen LogP contribution in [-0.2, 0) is 0 Å². The molecule has 0 aliphatic carbocycles. The molecule has 0 atom stereocenters. The van der Waals surface area contributed by atoms with Crippen LogP contribution in [0.4, 0.5) is 17.6 Å². The zero-order valence-electron chi connectivity index (χ0n) is 24.8. The van der Waals surface area contributed by atoms with E-state index in [0.717, 1.165) is 57.1 Å². The predicted octanol–water partition coefficient (Wildman–Crippen LogP) is 6.81. The molecule has 0 bridgehead atoms. The van der Waals surface area contributed by atoms with Crippen LogP contribution in [0.15, 0.2) is 152 Å². The van der Waals surface area contributed by atoms with E-state index in [0.29, 0.717) is 5.56 Å². The summed E-state index contributed by atoms with van der Waals surface area (Å²) in [7, 11) is -2.92. The summed E-state index contributed by atoms with van der Waals surface area (Å²) in [5, 5.41) is 4.53. The molecule has 0 radical (unpaired) electrons. The second kappa shape index (κ2) is 12.6. The molecule has 228 valence electrons. The molecule has 0 spiro atoms. The number of benzene rings is 6. The van der Waals surface area contributed by atoms with Gasteiger partial charge in [-0.15, -0.1) is 0 Å². The second-order valence-corrected chi connectivity index (χ2v) is 14.9. The maximum atomic E-state index is 14.3. The Balaban J connectivity index is 1.50. The van der Waals surface area contributed by atoms with Gasteiger partial charge in [0.2, 0.25) is 0 Å². The van der Waals surface area contributed by atoms with Crippen LogP contribution in [0, 0.1) is 23.3 Å². The van der Waals surface area contributed by atoms with E-state index in [1.807, 2.05) is 72.8 Å². The first kappa shape index (κ1) is 29.9. The molecular formula is C39H25F4N3Si. The van der Waals surface area contributed by atoms with E-state index in [-0.39, 0.29) is 28.6 Å². The van der Waals surface area contributed by atoms with E-state index in [9.17, 15) is 17.6 Å². The van der Waals surface area contributed by atoms with Gasteiger partial charge in [-0.1, -0.05) is 115 Å². The summed E-state index contributed by atoms with van der Waals surface area (Å²) in [5.41, 5.74) is 0.713. The van der Waals surface area contributed by atoms with E-state index in [2.05, 4.69) is 57.4 Å². The summed E-state index contributed by atoms with van der Waals surface area (Å²) in [6, 6.07) is 44.9. The zero-order valence-corrected chi connectivity index (χ0v) is 25.8. The van der Waals surface area contributed by atoms with Gasteiger partial charge in [0.25, 0.3) is 0 Å². The highest BCUT2D eigenvalue weighted by molar-refractivity contribution is 7.19. The summed E-state index contributed by atoms with van der Waals surface area (Å²) < 4.78 is 57.3. The lowest BCUT2D eigenvalue weighted by molar-refractivity contribution is 0.583. The number of nitrogens with zero attached hydrogens (tertiary/aromatic N) is 3. The first-order valence-corrected chi connectivity index (χ1v) is 16.9. The zero-order chi connectivity index (χ0) is 32.4. The summed E-state index contributed by atoms with van der Waals surface area (Å²) in [5.74, 6) is -3.16. The molecule has 47 heavy (non-hydrogen) atoms. The van der Waals surface area contributed by atoms with Gasteiger partial charge in [0.15, 0.2) is 25.5 Å². The summed E-state index contributed by atoms with van der Waals surface area (Å²) in [6.45, 7) is 0. The maximum absolute atomic E-state index is 14.3. The van der Waals surface area contributed by atoms with E-state index in [1.165, 1.54) is 0 Å². The van der Waals surface area contributed by atoms with Crippen LogP contribution in [-0.4, -0.2) is 23.0 Å². The SMILES string of the molecule is Fc1cc(F)cc(-c2nc(-c3cc(F)cc(F)c3)nc(-c3cccc([Si](c4ccccc4)(c4ccccc4)c4ccccc4)c3)n2)c1. The van der Waals surface area contributed by atoms with Crippen molar-refractivity contribution in [3.63, 3.8) is 0 Å². The van der Waals surface area contributed by atoms with Crippen molar-refractivity contribution in [1.29, 1.82) is 0 Å². The van der Waals surface area contributed by atoms with Gasteiger partial charge < -0.3 is 0 Å². The summed E-state index contributed by atoms with van der Waals surface area (Å²) in [4.78, 5) is 13.7. The minimum absolute atomic E-state index is 0.0452. The van der Waals surface area contributed by atoms with E-state index in [1.54, 1.807) is 0 Å². The molecule has 0 unspecified atom stereocenters. The fourth-order valence-electron chi connectivity index (χ4n) is 6.09. The van der Waals surface area contributed by atoms with Crippen LogP contribution in [0.5, 0.6) is 0 Å². The van der Waals surface area contributed by atoms with Gasteiger partial charge in [-0.2, -0.15) is 0 Å². The predicted molar refractivity (Wildman–Crippen MR) is 180 cm³/mol. The molecule has 0 saturated heterocycles. The molecule has 3 nitrogen and oxygen atoms in total. The van der Waals surface area contributed by atoms with Crippen molar-refractivity contribution in [2.24, 2.45) is 0 Å². The number of hydrogen-bond acceptors (Lipinski definition) is 3. The molecule has 0 aliphatic heterocycles. The third kappa shape index (κ3) is 5.87. The van der Waals surface area contributed by atoms with Crippen LogP contribution in [0.1, 0.15) is 0 Å². The van der Waals surface area contributed by atoms with Gasteiger partial charge in [-0.25, -0.2) is 32.5 Å². The van der Waals surface area contributed by atoms with Crippen molar-refractivity contribution in [1.82, 2.24) is 15.0 Å². The van der Waals surface area contributed by atoms with Gasteiger partial charge in [0.1, 0.15) is 23.3 Å². The van der Waals surface area contributed by atoms with Gasteiger partial charge >= 0.3 is 0 Å². The third-order valence-corrected chi connectivity index (χ3v) is 12.8. The van der Waals surface area contributed by atoms with Crippen LogP contribution in [0.3, 0.4) is 0 Å². The van der Waals surface area contributed by atoms with E-state index < -0.39 is 31.3 Å². The van der Waals surface area contributed by atoms with Crippen LogP contribution in [0.2, 0.25) is 0 Å². The Labute approximate surface area is 269 Å². The Kier molecular flexibility index (Phi) is 8.01. The smallest absolute Gasteiger partial charge is 0.179 e. The van der Waals surface area contributed by atoms with Gasteiger partial charge in [-0.05, 0) is 45.0 Å². The number of hydrogen-bond donors (Lipinski definition) is 0. The van der Waals surface area contributed by atoms with E-state index >= 15 is 0 Å². The van der Waals surface area contributed by atoms with Crippen molar-refractivity contribution < 1.29 is 17.6 Å². The van der Waals surface area contributed by atoms with Crippen molar-refractivity contribution in [3.05, 3.63) is 175 Å². The molecule has 7 rings (SSSR count). The lowest BCUT2D eigenvalue weighted by atomic mass is 10.1. The van der Waals surface area contributed by atoms with Gasteiger partial charge in [0, 0.05) is 28.8 Å². The average molecular weight is 640 g/mol. The number of rotatable bonds is 7. The minimum atomic E-state index is -2.92. The highest BCUT2D eigenvalue weighted by Gasteiger charge is 2.41. The molecule has 6 aromatic carbocycles. The Bertz CT molecular complexity index is 1990. The standard InChI is InChI=1S/C39H25F4N3Si/c40-29-19-27(20-30(41)24-29)38-44-37(45-39(46-38)28-21-31(42)25-32(43)22-28)26-11-10-18-36(23-26)47(33-12-4-1-5-13-33,34-14-6-2-7-15-34)35-16-8-3-9-17-35/h1-25H. The maximum Gasteiger partial charge on any atom is 0.179 e. The molecule has 1 heterocycles. The topological polar surface area (TPSA) is 38.7 Å². The first-order valence-electron chi connectivity index (χ1n) is 14.9. The highest BCUT2D eigenvalue weighted by atomic mass is 28.3. The van der Waals surface area contributed by atoms with Crippen LogP contribution >= 0.6 is 0 Å². The number of aromatic nitrogens is 3.